The zero-order chi connectivity index (χ0) is 21.1. The number of aryl methyl sites for hydroxylation is 1. The number of nitro groups is 1. The Morgan fingerprint density at radius 2 is 2.03 bits per heavy atom. The van der Waals surface area contributed by atoms with Gasteiger partial charge in [-0.3, -0.25) is 14.9 Å². The maximum atomic E-state index is 12.7. The number of nitro benzene ring substituents is 1. The first-order chi connectivity index (χ1) is 13.7. The fraction of sp³-hybridized carbons (Fsp3) is 0.238. The van der Waals surface area contributed by atoms with Crippen LogP contribution in [-0.2, 0) is 9.53 Å². The lowest BCUT2D eigenvalue weighted by Gasteiger charge is -2.10. The minimum Gasteiger partial charge on any atom is -0.482 e. The van der Waals surface area contributed by atoms with Crippen LogP contribution in [0.3, 0.4) is 0 Å². The molecule has 1 heterocycles. The highest BCUT2D eigenvalue weighted by Gasteiger charge is 2.30. The number of allylic oxidation sites excluding steroid dienone is 1. The minimum absolute atomic E-state index is 0.0555. The molecule has 29 heavy (non-hydrogen) atoms. The van der Waals surface area contributed by atoms with Crippen LogP contribution in [0.5, 0.6) is 11.5 Å². The summed E-state index contributed by atoms with van der Waals surface area (Å²) in [5, 5.41) is 10.9. The normalized spacial score (nSPS) is 13.9. The zero-order valence-corrected chi connectivity index (χ0v) is 16.1. The lowest BCUT2D eigenvalue weighted by atomic mass is 10.0. The molecule has 8 heteroatoms. The Kier molecular flexibility index (Phi) is 5.63. The predicted octanol–water partition coefficient (Wildman–Crippen LogP) is 3.85. The maximum absolute atomic E-state index is 12.7. The third kappa shape index (κ3) is 4.60. The van der Waals surface area contributed by atoms with Crippen LogP contribution >= 0.6 is 0 Å². The number of hydrogen-bond donors (Lipinski definition) is 0. The zero-order valence-electron chi connectivity index (χ0n) is 16.1. The Morgan fingerprint density at radius 1 is 1.28 bits per heavy atom. The number of hydrogen-bond acceptors (Lipinski definition) is 7. The Balaban J connectivity index is 1.81. The van der Waals surface area contributed by atoms with Crippen molar-refractivity contribution in [3.63, 3.8) is 0 Å². The maximum Gasteiger partial charge on any atom is 0.344 e. The molecule has 0 N–H and O–H groups in total. The van der Waals surface area contributed by atoms with Crippen LogP contribution in [0.25, 0.3) is 6.08 Å². The second kappa shape index (κ2) is 8.14. The van der Waals surface area contributed by atoms with E-state index < -0.39 is 10.9 Å². The van der Waals surface area contributed by atoms with Crippen LogP contribution in [-0.4, -0.2) is 29.4 Å². The third-order valence-corrected chi connectivity index (χ3v) is 4.05. The molecule has 0 aromatic heterocycles. The standard InChI is InChI=1S/C21H19NO7/c1-12(2)28-19(23)11-27-16-7-13(3)20-17(10-16)29-18(21(20)24)9-14-5-4-6-15(8-14)22(25)26/h4-10,12H,11H2,1-3H3/b18-9-. The van der Waals surface area contributed by atoms with E-state index in [-0.39, 0.29) is 29.9 Å². The Labute approximate surface area is 166 Å². The molecule has 0 bridgehead atoms. The summed E-state index contributed by atoms with van der Waals surface area (Å²) in [7, 11) is 0. The summed E-state index contributed by atoms with van der Waals surface area (Å²) in [5.74, 6) is -0.0959. The van der Waals surface area contributed by atoms with Gasteiger partial charge in [-0.25, -0.2) is 4.79 Å². The van der Waals surface area contributed by atoms with Gasteiger partial charge in [-0.15, -0.1) is 0 Å². The van der Waals surface area contributed by atoms with E-state index in [0.717, 1.165) is 0 Å². The quantitative estimate of drug-likeness (QED) is 0.315. The van der Waals surface area contributed by atoms with Gasteiger partial charge in [0.1, 0.15) is 11.5 Å². The van der Waals surface area contributed by atoms with E-state index in [4.69, 9.17) is 14.2 Å². The molecular weight excluding hydrogens is 378 g/mol. The van der Waals surface area contributed by atoms with Crippen molar-refractivity contribution in [3.05, 3.63) is 69.0 Å². The molecule has 0 saturated heterocycles. The highest BCUT2D eigenvalue weighted by Crippen LogP contribution is 2.37. The summed E-state index contributed by atoms with van der Waals surface area (Å²) >= 11 is 0. The molecule has 0 fully saturated rings. The van der Waals surface area contributed by atoms with E-state index in [9.17, 15) is 19.7 Å². The van der Waals surface area contributed by atoms with Gasteiger partial charge >= 0.3 is 5.97 Å². The van der Waals surface area contributed by atoms with E-state index in [1.807, 2.05) is 0 Å². The number of non-ortho nitro benzene ring substituents is 1. The molecule has 1 aliphatic heterocycles. The third-order valence-electron chi connectivity index (χ3n) is 4.05. The molecule has 3 rings (SSSR count). The van der Waals surface area contributed by atoms with Crippen LogP contribution < -0.4 is 9.47 Å². The highest BCUT2D eigenvalue weighted by atomic mass is 16.6. The topological polar surface area (TPSA) is 105 Å². The summed E-state index contributed by atoms with van der Waals surface area (Å²) in [6, 6.07) is 9.06. The minimum atomic E-state index is -0.508. The number of ether oxygens (including phenoxy) is 3. The first kappa shape index (κ1) is 20.1. The molecule has 0 amide bonds. The fourth-order valence-corrected chi connectivity index (χ4v) is 2.88. The highest BCUT2D eigenvalue weighted by molar-refractivity contribution is 6.15. The van der Waals surface area contributed by atoms with Crippen LogP contribution in [0.2, 0.25) is 0 Å². The summed E-state index contributed by atoms with van der Waals surface area (Å²) in [4.78, 5) is 34.8. The number of rotatable bonds is 6. The van der Waals surface area contributed by atoms with Gasteiger partial charge in [-0.1, -0.05) is 12.1 Å². The van der Waals surface area contributed by atoms with Crippen LogP contribution in [0.4, 0.5) is 5.69 Å². The van der Waals surface area contributed by atoms with Crippen LogP contribution in [0, 0.1) is 17.0 Å². The summed E-state index contributed by atoms with van der Waals surface area (Å²) < 4.78 is 16.1. The monoisotopic (exact) mass is 397 g/mol. The number of ketones is 1. The molecule has 1 aliphatic rings. The second-order valence-corrected chi connectivity index (χ2v) is 6.73. The lowest BCUT2D eigenvalue weighted by Crippen LogP contribution is -2.18. The number of carbonyl (C=O) groups excluding carboxylic acids is 2. The second-order valence-electron chi connectivity index (χ2n) is 6.73. The van der Waals surface area contributed by atoms with Gasteiger partial charge in [0.2, 0.25) is 5.78 Å². The number of Topliss-reactive ketones (excluding diaryl/α,β-unsaturated/α-hetero) is 1. The van der Waals surface area contributed by atoms with E-state index in [0.29, 0.717) is 28.2 Å². The van der Waals surface area contributed by atoms with Crippen molar-refractivity contribution >= 4 is 23.5 Å². The van der Waals surface area contributed by atoms with Gasteiger partial charge < -0.3 is 14.2 Å². The molecule has 0 saturated carbocycles. The van der Waals surface area contributed by atoms with Gasteiger partial charge in [-0.2, -0.15) is 0 Å². The summed E-state index contributed by atoms with van der Waals surface area (Å²) in [6.45, 7) is 4.95. The molecule has 2 aromatic rings. The van der Waals surface area contributed by atoms with E-state index in [2.05, 4.69) is 0 Å². The van der Waals surface area contributed by atoms with Crippen molar-refractivity contribution in [3.8, 4) is 11.5 Å². The largest absolute Gasteiger partial charge is 0.482 e. The number of fused-ring (bicyclic) bond motifs is 1. The average molecular weight is 397 g/mol. The summed E-state index contributed by atoms with van der Waals surface area (Å²) in [6.07, 6.45) is 1.21. The average Bonchev–Trinajstić information content (AvgIpc) is 2.95. The van der Waals surface area contributed by atoms with Crippen molar-refractivity contribution in [2.45, 2.75) is 26.9 Å². The van der Waals surface area contributed by atoms with E-state index in [1.165, 1.54) is 30.3 Å². The van der Waals surface area contributed by atoms with Gasteiger partial charge in [0.25, 0.3) is 5.69 Å². The molecule has 0 aliphatic carbocycles. The number of benzene rings is 2. The molecule has 0 unspecified atom stereocenters. The van der Waals surface area contributed by atoms with Crippen molar-refractivity contribution in [2.24, 2.45) is 0 Å². The van der Waals surface area contributed by atoms with E-state index in [1.54, 1.807) is 32.9 Å². The van der Waals surface area contributed by atoms with Gasteiger partial charge in [0.05, 0.1) is 16.6 Å². The van der Waals surface area contributed by atoms with Gasteiger partial charge in [0, 0.05) is 18.2 Å². The first-order valence-corrected chi connectivity index (χ1v) is 8.90. The molecule has 8 nitrogen and oxygen atoms in total. The number of carbonyl (C=O) groups is 2. The van der Waals surface area contributed by atoms with Crippen molar-refractivity contribution in [1.29, 1.82) is 0 Å². The molecule has 0 spiro atoms. The van der Waals surface area contributed by atoms with Crippen LogP contribution in [0.1, 0.15) is 35.3 Å². The smallest absolute Gasteiger partial charge is 0.344 e. The molecule has 150 valence electrons. The van der Waals surface area contributed by atoms with E-state index >= 15 is 0 Å². The van der Waals surface area contributed by atoms with Crippen molar-refractivity contribution < 1.29 is 28.7 Å². The Bertz CT molecular complexity index is 1020. The fourth-order valence-electron chi connectivity index (χ4n) is 2.88. The van der Waals surface area contributed by atoms with Crippen molar-refractivity contribution in [2.75, 3.05) is 6.61 Å². The number of esters is 1. The van der Waals surface area contributed by atoms with Crippen molar-refractivity contribution in [1.82, 2.24) is 0 Å². The molecule has 0 radical (unpaired) electrons. The molecule has 2 aromatic carbocycles. The number of nitrogens with zero attached hydrogens (tertiary/aromatic N) is 1. The van der Waals surface area contributed by atoms with Crippen LogP contribution in [0.15, 0.2) is 42.2 Å². The van der Waals surface area contributed by atoms with Gasteiger partial charge in [-0.05, 0) is 44.0 Å². The SMILES string of the molecule is Cc1cc(OCC(=O)OC(C)C)cc2c1C(=O)/C(=C/c1cccc([N+](=O)[O-])c1)O2. The van der Waals surface area contributed by atoms with Gasteiger partial charge in [0.15, 0.2) is 12.4 Å². The summed E-state index contributed by atoms with van der Waals surface area (Å²) in [5.41, 5.74) is 1.41. The first-order valence-electron chi connectivity index (χ1n) is 8.90. The Hall–Kier alpha value is -3.68. The molecular formula is C21H19NO7. The Morgan fingerprint density at radius 3 is 2.72 bits per heavy atom. The lowest BCUT2D eigenvalue weighted by molar-refractivity contribution is -0.384. The molecule has 0 atom stereocenters. The predicted molar refractivity (Wildman–Crippen MR) is 104 cm³/mol.